The Kier molecular flexibility index (Phi) is 11.4. The summed E-state index contributed by atoms with van der Waals surface area (Å²) in [6, 6.07) is 0.816. The third-order valence-electron chi connectivity index (χ3n) is 4.66. The van der Waals surface area contributed by atoms with Crippen molar-refractivity contribution in [2.24, 2.45) is 0 Å². The van der Waals surface area contributed by atoms with Crippen LogP contribution in [0.15, 0.2) is 0 Å². The van der Waals surface area contributed by atoms with E-state index in [1.807, 2.05) is 0 Å². The molecule has 1 N–H and O–H groups in total. The van der Waals surface area contributed by atoms with Gasteiger partial charge in [0.2, 0.25) is 0 Å². The zero-order valence-electron chi connectivity index (χ0n) is 14.1. The molecule has 1 saturated heterocycles. The average molecular weight is 283 g/mol. The lowest BCUT2D eigenvalue weighted by Gasteiger charge is -2.36. The number of hydrogen-bond donors (Lipinski definition) is 1. The van der Waals surface area contributed by atoms with Gasteiger partial charge in [0.25, 0.3) is 0 Å². The van der Waals surface area contributed by atoms with Crippen LogP contribution < -0.4 is 5.32 Å². The van der Waals surface area contributed by atoms with Gasteiger partial charge in [-0.2, -0.15) is 0 Å². The van der Waals surface area contributed by atoms with E-state index in [2.05, 4.69) is 24.1 Å². The van der Waals surface area contributed by atoms with Crippen molar-refractivity contribution in [1.29, 1.82) is 0 Å². The van der Waals surface area contributed by atoms with Gasteiger partial charge in [-0.1, -0.05) is 71.6 Å². The zero-order valence-corrected chi connectivity index (χ0v) is 14.1. The predicted molar refractivity (Wildman–Crippen MR) is 90.4 cm³/mol. The molecule has 0 aliphatic carbocycles. The van der Waals surface area contributed by atoms with Gasteiger partial charge in [-0.15, -0.1) is 0 Å². The topological polar surface area (TPSA) is 15.3 Å². The summed E-state index contributed by atoms with van der Waals surface area (Å²) in [7, 11) is 0. The number of hydrogen-bond acceptors (Lipinski definition) is 2. The first-order chi connectivity index (χ1) is 9.88. The van der Waals surface area contributed by atoms with Crippen LogP contribution in [-0.2, 0) is 0 Å². The summed E-state index contributed by atoms with van der Waals surface area (Å²) in [5, 5.41) is 3.59. The molecule has 1 fully saturated rings. The first-order valence-electron chi connectivity index (χ1n) is 9.33. The molecule has 1 heterocycles. The third-order valence-corrected chi connectivity index (χ3v) is 4.66. The van der Waals surface area contributed by atoms with Gasteiger partial charge < -0.3 is 5.32 Å². The van der Waals surface area contributed by atoms with Gasteiger partial charge in [0.1, 0.15) is 0 Å². The summed E-state index contributed by atoms with van der Waals surface area (Å²) >= 11 is 0. The van der Waals surface area contributed by atoms with Gasteiger partial charge in [-0.05, 0) is 19.4 Å². The number of unbranched alkanes of at least 4 members (excludes halogenated alkanes) is 8. The minimum absolute atomic E-state index is 0.816. The molecule has 2 nitrogen and oxygen atoms in total. The number of rotatable bonds is 12. The number of piperazine rings is 1. The highest BCUT2D eigenvalue weighted by molar-refractivity contribution is 4.79. The molecule has 0 radical (unpaired) electrons. The smallest absolute Gasteiger partial charge is 0.0221 e. The summed E-state index contributed by atoms with van der Waals surface area (Å²) in [6.45, 7) is 9.62. The highest BCUT2D eigenvalue weighted by Gasteiger charge is 2.20. The van der Waals surface area contributed by atoms with Gasteiger partial charge >= 0.3 is 0 Å². The highest BCUT2D eigenvalue weighted by atomic mass is 15.2. The molecule has 0 aromatic carbocycles. The lowest BCUT2D eigenvalue weighted by molar-refractivity contribution is 0.147. The summed E-state index contributed by atoms with van der Waals surface area (Å²) in [4.78, 5) is 2.77. The van der Waals surface area contributed by atoms with Crippen LogP contribution in [-0.4, -0.2) is 37.1 Å². The summed E-state index contributed by atoms with van der Waals surface area (Å²) < 4.78 is 0. The predicted octanol–water partition coefficient (Wildman–Crippen LogP) is 4.59. The van der Waals surface area contributed by atoms with Crippen LogP contribution in [0.4, 0.5) is 0 Å². The second-order valence-corrected chi connectivity index (χ2v) is 6.51. The fraction of sp³-hybridized carbons (Fsp3) is 1.00. The highest BCUT2D eigenvalue weighted by Crippen LogP contribution is 2.15. The maximum atomic E-state index is 3.59. The molecule has 0 spiro atoms. The van der Waals surface area contributed by atoms with E-state index < -0.39 is 0 Å². The lowest BCUT2D eigenvalue weighted by atomic mass is 10.0. The van der Waals surface area contributed by atoms with Crippen LogP contribution >= 0.6 is 0 Å². The largest absolute Gasteiger partial charge is 0.314 e. The van der Waals surface area contributed by atoms with Gasteiger partial charge in [-0.25, -0.2) is 0 Å². The molecule has 0 aromatic rings. The van der Waals surface area contributed by atoms with Crippen molar-refractivity contribution >= 4 is 0 Å². The van der Waals surface area contributed by atoms with Crippen molar-refractivity contribution in [1.82, 2.24) is 10.2 Å². The standard InChI is InChI=1S/C18H38N2/c1-3-5-7-9-11-13-18-17-19-14-16-20(18)15-12-10-8-6-4-2/h18-19H,3-17H2,1-2H3. The first-order valence-corrected chi connectivity index (χ1v) is 9.33. The summed E-state index contributed by atoms with van der Waals surface area (Å²) in [5.74, 6) is 0. The molecular formula is C18H38N2. The van der Waals surface area contributed by atoms with Gasteiger partial charge in [0.05, 0.1) is 0 Å². The molecule has 1 aliphatic heterocycles. The molecule has 0 saturated carbocycles. The molecule has 1 unspecified atom stereocenters. The van der Waals surface area contributed by atoms with E-state index >= 15 is 0 Å². The molecule has 2 heteroatoms. The van der Waals surface area contributed by atoms with E-state index in [9.17, 15) is 0 Å². The van der Waals surface area contributed by atoms with Crippen LogP contribution in [0.3, 0.4) is 0 Å². The van der Waals surface area contributed by atoms with Crippen molar-refractivity contribution in [3.05, 3.63) is 0 Å². The van der Waals surface area contributed by atoms with E-state index in [1.165, 1.54) is 96.8 Å². The normalized spacial score (nSPS) is 20.4. The fourth-order valence-electron chi connectivity index (χ4n) is 3.28. The summed E-state index contributed by atoms with van der Waals surface area (Å²) in [5.41, 5.74) is 0. The van der Waals surface area contributed by atoms with Gasteiger partial charge in [0.15, 0.2) is 0 Å². The quantitative estimate of drug-likeness (QED) is 0.527. The zero-order chi connectivity index (χ0) is 14.5. The van der Waals surface area contributed by atoms with E-state index in [0.29, 0.717) is 0 Å². The van der Waals surface area contributed by atoms with E-state index in [1.54, 1.807) is 0 Å². The minimum Gasteiger partial charge on any atom is -0.314 e. The average Bonchev–Trinajstić information content (AvgIpc) is 2.48. The lowest BCUT2D eigenvalue weighted by Crippen LogP contribution is -2.51. The van der Waals surface area contributed by atoms with Crippen molar-refractivity contribution in [3.8, 4) is 0 Å². The van der Waals surface area contributed by atoms with E-state index in [-0.39, 0.29) is 0 Å². The Labute approximate surface area is 127 Å². The first kappa shape index (κ1) is 18.0. The minimum atomic E-state index is 0.816. The Bertz CT molecular complexity index is 184. The number of nitrogens with one attached hydrogen (secondary N) is 1. The van der Waals surface area contributed by atoms with Gasteiger partial charge in [0, 0.05) is 25.7 Å². The SMILES string of the molecule is CCCCCCCC1CNCCN1CCCCCCC. The van der Waals surface area contributed by atoms with Crippen LogP contribution in [0.1, 0.15) is 84.5 Å². The Morgan fingerprint density at radius 3 is 2.20 bits per heavy atom. The molecule has 1 atom stereocenters. The van der Waals surface area contributed by atoms with Crippen molar-refractivity contribution in [3.63, 3.8) is 0 Å². The van der Waals surface area contributed by atoms with Crippen LogP contribution in [0, 0.1) is 0 Å². The molecule has 0 amide bonds. The fourth-order valence-corrected chi connectivity index (χ4v) is 3.28. The van der Waals surface area contributed by atoms with Crippen molar-refractivity contribution < 1.29 is 0 Å². The molecule has 0 bridgehead atoms. The van der Waals surface area contributed by atoms with Crippen molar-refractivity contribution in [2.45, 2.75) is 90.5 Å². The van der Waals surface area contributed by atoms with Crippen molar-refractivity contribution in [2.75, 3.05) is 26.2 Å². The second kappa shape index (κ2) is 12.6. The van der Waals surface area contributed by atoms with Crippen LogP contribution in [0.5, 0.6) is 0 Å². The Balaban J connectivity index is 2.10. The number of nitrogens with zero attached hydrogens (tertiary/aromatic N) is 1. The molecule has 0 aromatic heterocycles. The monoisotopic (exact) mass is 282 g/mol. The molecule has 1 rings (SSSR count). The molecule has 1 aliphatic rings. The maximum Gasteiger partial charge on any atom is 0.0221 e. The third kappa shape index (κ3) is 8.26. The second-order valence-electron chi connectivity index (χ2n) is 6.51. The molecule has 120 valence electrons. The maximum absolute atomic E-state index is 3.59. The van der Waals surface area contributed by atoms with Crippen LogP contribution in [0.25, 0.3) is 0 Å². The Morgan fingerprint density at radius 1 is 0.850 bits per heavy atom. The van der Waals surface area contributed by atoms with Crippen LogP contribution in [0.2, 0.25) is 0 Å². The Hall–Kier alpha value is -0.0800. The van der Waals surface area contributed by atoms with E-state index in [4.69, 9.17) is 0 Å². The molecule has 20 heavy (non-hydrogen) atoms. The van der Waals surface area contributed by atoms with Gasteiger partial charge in [-0.3, -0.25) is 4.90 Å². The Morgan fingerprint density at radius 2 is 1.50 bits per heavy atom. The van der Waals surface area contributed by atoms with E-state index in [0.717, 1.165) is 6.04 Å². The molecular weight excluding hydrogens is 244 g/mol. The summed E-state index contributed by atoms with van der Waals surface area (Å²) in [6.07, 6.45) is 15.5.